The molecule has 0 aromatic heterocycles. The highest BCUT2D eigenvalue weighted by Gasteiger charge is 2.48. The monoisotopic (exact) mass is 276 g/mol. The molecular weight excluding hydrogens is 248 g/mol. The van der Waals surface area contributed by atoms with Gasteiger partial charge in [-0.1, -0.05) is 19.3 Å². The van der Waals surface area contributed by atoms with Gasteiger partial charge in [-0.15, -0.1) is 0 Å². The van der Waals surface area contributed by atoms with Crippen LogP contribution in [0.5, 0.6) is 0 Å². The summed E-state index contributed by atoms with van der Waals surface area (Å²) >= 11 is 0. The van der Waals surface area contributed by atoms with Crippen LogP contribution in [0, 0.1) is 17.8 Å². The van der Waals surface area contributed by atoms with Crippen LogP contribution in [0.25, 0.3) is 0 Å². The first kappa shape index (κ1) is 13.1. The minimum Gasteiger partial charge on any atom is -0.353 e. The van der Waals surface area contributed by atoms with Crippen molar-refractivity contribution < 1.29 is 4.79 Å². The molecular formula is C17H28N2O. The first-order chi connectivity index (χ1) is 9.74. The van der Waals surface area contributed by atoms with Gasteiger partial charge in [-0.25, -0.2) is 0 Å². The summed E-state index contributed by atoms with van der Waals surface area (Å²) in [5.74, 6) is 2.53. The number of carbonyl (C=O) groups is 1. The molecule has 0 aromatic rings. The average Bonchev–Trinajstić information content (AvgIpc) is 3.06. The van der Waals surface area contributed by atoms with Gasteiger partial charge in [0.1, 0.15) is 0 Å². The van der Waals surface area contributed by atoms with Gasteiger partial charge in [-0.3, -0.25) is 4.79 Å². The van der Waals surface area contributed by atoms with Gasteiger partial charge in [-0.2, -0.15) is 0 Å². The first-order valence-electron chi connectivity index (χ1n) is 8.80. The highest BCUT2D eigenvalue weighted by Crippen LogP contribution is 2.54. The number of rotatable bonds is 2. The topological polar surface area (TPSA) is 41.1 Å². The molecule has 4 aliphatic rings. The van der Waals surface area contributed by atoms with E-state index in [4.69, 9.17) is 0 Å². The van der Waals surface area contributed by atoms with Crippen molar-refractivity contribution in [2.45, 2.75) is 75.8 Å². The molecule has 1 amide bonds. The number of piperidine rings is 1. The minimum atomic E-state index is 0.343. The van der Waals surface area contributed by atoms with Gasteiger partial charge in [-0.05, 0) is 63.3 Å². The molecule has 3 nitrogen and oxygen atoms in total. The van der Waals surface area contributed by atoms with E-state index < -0.39 is 0 Å². The number of hydrogen-bond donors (Lipinski definition) is 2. The van der Waals surface area contributed by atoms with E-state index in [1.807, 2.05) is 0 Å². The molecule has 3 atom stereocenters. The predicted octanol–water partition coefficient (Wildman–Crippen LogP) is 2.60. The van der Waals surface area contributed by atoms with Crippen LogP contribution in [0.1, 0.15) is 64.2 Å². The molecule has 0 aromatic carbocycles. The number of nitrogens with one attached hydrogen (secondary N) is 2. The number of carbonyl (C=O) groups excluding carboxylic acids is 1. The molecule has 0 bridgehead atoms. The van der Waals surface area contributed by atoms with Gasteiger partial charge in [0.2, 0.25) is 5.91 Å². The highest BCUT2D eigenvalue weighted by atomic mass is 16.2. The third-order valence-corrected chi connectivity index (χ3v) is 6.40. The molecule has 112 valence electrons. The fourth-order valence-corrected chi connectivity index (χ4v) is 5.14. The molecule has 0 radical (unpaired) electrons. The van der Waals surface area contributed by atoms with Crippen LogP contribution in [0.3, 0.4) is 0 Å². The lowest BCUT2D eigenvalue weighted by Gasteiger charge is -2.45. The number of hydrogen-bond acceptors (Lipinski definition) is 2. The summed E-state index contributed by atoms with van der Waals surface area (Å²) in [4.78, 5) is 12.4. The van der Waals surface area contributed by atoms with E-state index in [1.54, 1.807) is 0 Å². The Morgan fingerprint density at radius 3 is 2.55 bits per heavy atom. The van der Waals surface area contributed by atoms with Gasteiger partial charge in [0.15, 0.2) is 0 Å². The molecule has 2 N–H and O–H groups in total. The molecule has 4 fully saturated rings. The zero-order valence-electron chi connectivity index (χ0n) is 12.5. The van der Waals surface area contributed by atoms with Crippen molar-refractivity contribution in [1.29, 1.82) is 0 Å². The fraction of sp³-hybridized carbons (Fsp3) is 0.941. The lowest BCUT2D eigenvalue weighted by atomic mass is 9.75. The second-order valence-corrected chi connectivity index (χ2v) is 7.89. The largest absolute Gasteiger partial charge is 0.353 e. The van der Waals surface area contributed by atoms with Gasteiger partial charge < -0.3 is 10.6 Å². The highest BCUT2D eigenvalue weighted by molar-refractivity contribution is 5.79. The van der Waals surface area contributed by atoms with Crippen molar-refractivity contribution in [2.24, 2.45) is 17.8 Å². The molecule has 1 aliphatic heterocycles. The summed E-state index contributed by atoms with van der Waals surface area (Å²) in [5.41, 5.74) is 0.353. The Kier molecular flexibility index (Phi) is 3.29. The van der Waals surface area contributed by atoms with E-state index in [1.165, 1.54) is 51.4 Å². The van der Waals surface area contributed by atoms with Crippen molar-refractivity contribution in [3.05, 3.63) is 0 Å². The summed E-state index contributed by atoms with van der Waals surface area (Å²) in [7, 11) is 0. The van der Waals surface area contributed by atoms with Gasteiger partial charge >= 0.3 is 0 Å². The third-order valence-electron chi connectivity index (χ3n) is 6.40. The third kappa shape index (κ3) is 2.49. The molecule has 1 heterocycles. The Balaban J connectivity index is 1.32. The minimum absolute atomic E-state index is 0.343. The Hall–Kier alpha value is -0.570. The summed E-state index contributed by atoms with van der Waals surface area (Å²) in [5, 5.41) is 7.16. The normalized spacial score (nSPS) is 42.2. The van der Waals surface area contributed by atoms with Crippen LogP contribution in [0.15, 0.2) is 0 Å². The van der Waals surface area contributed by atoms with E-state index in [0.29, 0.717) is 23.4 Å². The second kappa shape index (κ2) is 5.01. The van der Waals surface area contributed by atoms with Crippen molar-refractivity contribution in [1.82, 2.24) is 10.6 Å². The molecule has 3 aliphatic carbocycles. The van der Waals surface area contributed by atoms with Crippen molar-refractivity contribution in [2.75, 3.05) is 6.54 Å². The zero-order chi connectivity index (χ0) is 13.6. The summed E-state index contributed by atoms with van der Waals surface area (Å²) in [6, 6.07) is 0.429. The Bertz CT molecular complexity index is 373. The Morgan fingerprint density at radius 2 is 1.80 bits per heavy atom. The predicted molar refractivity (Wildman–Crippen MR) is 79.3 cm³/mol. The van der Waals surface area contributed by atoms with Gasteiger partial charge in [0.25, 0.3) is 0 Å². The average molecular weight is 276 g/mol. The number of amides is 1. The smallest absolute Gasteiger partial charge is 0.223 e. The van der Waals surface area contributed by atoms with Crippen molar-refractivity contribution in [3.8, 4) is 0 Å². The lowest BCUT2D eigenvalue weighted by molar-refractivity contribution is -0.126. The summed E-state index contributed by atoms with van der Waals surface area (Å²) in [6.07, 6.45) is 12.8. The summed E-state index contributed by atoms with van der Waals surface area (Å²) in [6.45, 7) is 1.08. The first-order valence-corrected chi connectivity index (χ1v) is 8.80. The molecule has 1 saturated heterocycles. The quantitative estimate of drug-likeness (QED) is 0.814. The molecule has 20 heavy (non-hydrogen) atoms. The zero-order valence-corrected chi connectivity index (χ0v) is 12.5. The van der Waals surface area contributed by atoms with E-state index in [2.05, 4.69) is 10.6 Å². The second-order valence-electron chi connectivity index (χ2n) is 7.89. The molecule has 1 spiro atoms. The van der Waals surface area contributed by atoms with Gasteiger partial charge in [0, 0.05) is 17.5 Å². The van der Waals surface area contributed by atoms with Crippen LogP contribution in [-0.2, 0) is 4.79 Å². The number of fused-ring (bicyclic) bond motifs is 1. The fourth-order valence-electron chi connectivity index (χ4n) is 5.14. The van der Waals surface area contributed by atoms with Crippen LogP contribution in [0.2, 0.25) is 0 Å². The Morgan fingerprint density at radius 1 is 1.05 bits per heavy atom. The summed E-state index contributed by atoms with van der Waals surface area (Å²) < 4.78 is 0. The van der Waals surface area contributed by atoms with Gasteiger partial charge in [0.05, 0.1) is 0 Å². The van der Waals surface area contributed by atoms with Crippen LogP contribution < -0.4 is 10.6 Å². The molecule has 3 unspecified atom stereocenters. The van der Waals surface area contributed by atoms with E-state index in [-0.39, 0.29) is 0 Å². The molecule has 3 heteroatoms. The van der Waals surface area contributed by atoms with Crippen LogP contribution in [0.4, 0.5) is 0 Å². The van der Waals surface area contributed by atoms with E-state index >= 15 is 0 Å². The SMILES string of the molecule is O=C(NC1CCNC2(CCCCC2)C1)C1CC2CC2C1. The maximum atomic E-state index is 12.4. The van der Waals surface area contributed by atoms with Crippen LogP contribution >= 0.6 is 0 Å². The standard InChI is InChI=1S/C17H28N2O/c20-16(14-9-12-8-13(12)10-14)19-15-4-7-18-17(11-15)5-2-1-3-6-17/h12-15,18H,1-11H2,(H,19,20). The van der Waals surface area contributed by atoms with Crippen LogP contribution in [-0.4, -0.2) is 24.0 Å². The van der Waals surface area contributed by atoms with E-state index in [0.717, 1.165) is 31.2 Å². The molecule has 3 saturated carbocycles. The molecule has 4 rings (SSSR count). The van der Waals surface area contributed by atoms with Crippen molar-refractivity contribution in [3.63, 3.8) is 0 Å². The maximum Gasteiger partial charge on any atom is 0.223 e. The Labute approximate surface area is 122 Å². The maximum absolute atomic E-state index is 12.4. The lowest BCUT2D eigenvalue weighted by Crippen LogP contribution is -2.57. The van der Waals surface area contributed by atoms with Crippen molar-refractivity contribution >= 4 is 5.91 Å². The van der Waals surface area contributed by atoms with E-state index in [9.17, 15) is 4.79 Å².